The molecule has 2 aromatic heterocycles. The van der Waals surface area contributed by atoms with Gasteiger partial charge in [-0.2, -0.15) is 0 Å². The molecule has 0 aliphatic heterocycles. The summed E-state index contributed by atoms with van der Waals surface area (Å²) in [5.74, 6) is 0.877. The Bertz CT molecular complexity index is 910. The molecule has 4 heteroatoms. The maximum Gasteiger partial charge on any atom is 0.168 e. The third-order valence-corrected chi connectivity index (χ3v) is 4.12. The Morgan fingerprint density at radius 1 is 0.850 bits per heavy atom. The van der Waals surface area contributed by atoms with Crippen LogP contribution in [0.3, 0.4) is 0 Å². The van der Waals surface area contributed by atoms with E-state index in [0.717, 1.165) is 22.4 Å². The molecule has 96 valence electrons. The van der Waals surface area contributed by atoms with E-state index in [1.165, 1.54) is 8.96 Å². The molecule has 4 rings (SSSR count). The molecule has 0 atom stereocenters. The highest BCUT2D eigenvalue weighted by atomic mass is 127. The Balaban J connectivity index is 2.02. The fourth-order valence-corrected chi connectivity index (χ4v) is 2.77. The molecule has 0 saturated carbocycles. The molecule has 0 unspecified atom stereocenters. The third kappa shape index (κ3) is 1.79. The first kappa shape index (κ1) is 11.8. The number of nitrogens with zero attached hydrogens (tertiary/aromatic N) is 3. The third-order valence-electron chi connectivity index (χ3n) is 3.40. The maximum absolute atomic E-state index is 4.36. The molecule has 0 spiro atoms. The highest BCUT2D eigenvalue weighted by molar-refractivity contribution is 14.1. The summed E-state index contributed by atoms with van der Waals surface area (Å²) < 4.78 is 3.26. The van der Waals surface area contributed by atoms with Crippen LogP contribution in [0.1, 0.15) is 0 Å². The van der Waals surface area contributed by atoms with Gasteiger partial charge in [0.25, 0.3) is 0 Å². The van der Waals surface area contributed by atoms with E-state index in [2.05, 4.69) is 75.3 Å². The van der Waals surface area contributed by atoms with Gasteiger partial charge in [0, 0.05) is 20.7 Å². The van der Waals surface area contributed by atoms with E-state index in [9.17, 15) is 0 Å². The molecule has 2 aromatic carbocycles. The van der Waals surface area contributed by atoms with Crippen molar-refractivity contribution in [1.82, 2.24) is 14.6 Å². The quantitative estimate of drug-likeness (QED) is 0.471. The van der Waals surface area contributed by atoms with Crippen molar-refractivity contribution >= 4 is 39.0 Å². The Morgan fingerprint density at radius 2 is 1.65 bits per heavy atom. The van der Waals surface area contributed by atoms with Gasteiger partial charge in [0.05, 0.1) is 0 Å². The molecule has 0 amide bonds. The first-order chi connectivity index (χ1) is 9.83. The SMILES string of the molecule is Ic1ccc(-c2nnc3c4ccccc4ccn23)cc1. The second-order valence-electron chi connectivity index (χ2n) is 4.63. The standard InChI is InChI=1S/C16H10IN3/c17-13-7-5-12(6-8-13)15-18-19-16-14-4-2-1-3-11(14)9-10-20(15)16/h1-10H. The normalized spacial score (nSPS) is 11.2. The molecular formula is C16H10IN3. The maximum atomic E-state index is 4.36. The zero-order chi connectivity index (χ0) is 13.5. The largest absolute Gasteiger partial charge is 0.282 e. The van der Waals surface area contributed by atoms with Crippen molar-refractivity contribution in [2.45, 2.75) is 0 Å². The van der Waals surface area contributed by atoms with Crippen LogP contribution in [-0.4, -0.2) is 14.6 Å². The van der Waals surface area contributed by atoms with E-state index < -0.39 is 0 Å². The lowest BCUT2D eigenvalue weighted by molar-refractivity contribution is 1.11. The molecule has 3 nitrogen and oxygen atoms in total. The van der Waals surface area contributed by atoms with Crippen molar-refractivity contribution < 1.29 is 0 Å². The van der Waals surface area contributed by atoms with Gasteiger partial charge < -0.3 is 0 Å². The van der Waals surface area contributed by atoms with E-state index >= 15 is 0 Å². The van der Waals surface area contributed by atoms with Gasteiger partial charge in [0.15, 0.2) is 11.5 Å². The Labute approximate surface area is 129 Å². The molecule has 2 heterocycles. The second kappa shape index (κ2) is 4.56. The molecule has 0 N–H and O–H groups in total. The number of hydrogen-bond donors (Lipinski definition) is 0. The smallest absolute Gasteiger partial charge is 0.168 e. The fraction of sp³-hybridized carbons (Fsp3) is 0. The van der Waals surface area contributed by atoms with Crippen molar-refractivity contribution in [2.24, 2.45) is 0 Å². The predicted molar refractivity (Wildman–Crippen MR) is 88.6 cm³/mol. The zero-order valence-electron chi connectivity index (χ0n) is 10.5. The first-order valence-corrected chi connectivity index (χ1v) is 7.39. The van der Waals surface area contributed by atoms with Gasteiger partial charge in [-0.1, -0.05) is 36.4 Å². The van der Waals surface area contributed by atoms with Gasteiger partial charge in [-0.3, -0.25) is 4.40 Å². The van der Waals surface area contributed by atoms with Crippen LogP contribution in [0.25, 0.3) is 27.8 Å². The van der Waals surface area contributed by atoms with Crippen LogP contribution in [0.5, 0.6) is 0 Å². The summed E-state index contributed by atoms with van der Waals surface area (Å²) in [5.41, 5.74) is 1.98. The molecule has 4 aromatic rings. The molecule has 0 saturated heterocycles. The molecule has 0 aliphatic carbocycles. The van der Waals surface area contributed by atoms with Crippen molar-refractivity contribution in [3.63, 3.8) is 0 Å². The average molecular weight is 371 g/mol. The first-order valence-electron chi connectivity index (χ1n) is 6.31. The number of pyridine rings is 1. The molecule has 0 bridgehead atoms. The van der Waals surface area contributed by atoms with Crippen molar-refractivity contribution in [3.8, 4) is 11.4 Å². The summed E-state index contributed by atoms with van der Waals surface area (Å²) in [6.07, 6.45) is 2.03. The Kier molecular flexibility index (Phi) is 2.70. The summed E-state index contributed by atoms with van der Waals surface area (Å²) in [6, 6.07) is 18.7. The van der Waals surface area contributed by atoms with Gasteiger partial charge in [0.2, 0.25) is 0 Å². The van der Waals surface area contributed by atoms with E-state index in [4.69, 9.17) is 0 Å². The predicted octanol–water partition coefficient (Wildman–Crippen LogP) is 4.15. The number of halogens is 1. The summed E-state index contributed by atoms with van der Waals surface area (Å²) in [5, 5.41) is 11.0. The number of fused-ring (bicyclic) bond motifs is 3. The average Bonchev–Trinajstić information content (AvgIpc) is 2.92. The van der Waals surface area contributed by atoms with E-state index in [-0.39, 0.29) is 0 Å². The highest BCUT2D eigenvalue weighted by Gasteiger charge is 2.09. The number of rotatable bonds is 1. The molecule has 0 aliphatic rings. The van der Waals surface area contributed by atoms with Gasteiger partial charge >= 0.3 is 0 Å². The zero-order valence-corrected chi connectivity index (χ0v) is 12.7. The lowest BCUT2D eigenvalue weighted by atomic mass is 10.1. The summed E-state index contributed by atoms with van der Waals surface area (Å²) in [4.78, 5) is 0. The van der Waals surface area contributed by atoms with Crippen LogP contribution in [0.4, 0.5) is 0 Å². The Hall–Kier alpha value is -1.95. The van der Waals surface area contributed by atoms with Crippen molar-refractivity contribution in [3.05, 3.63) is 64.4 Å². The van der Waals surface area contributed by atoms with E-state index in [1.807, 2.05) is 22.7 Å². The minimum Gasteiger partial charge on any atom is -0.282 e. The summed E-state index contributed by atoms with van der Waals surface area (Å²) >= 11 is 2.30. The lowest BCUT2D eigenvalue weighted by Gasteiger charge is -2.02. The summed E-state index contributed by atoms with van der Waals surface area (Å²) in [7, 11) is 0. The summed E-state index contributed by atoms with van der Waals surface area (Å²) in [6.45, 7) is 0. The van der Waals surface area contributed by atoms with Gasteiger partial charge in [-0.05, 0) is 46.2 Å². The van der Waals surface area contributed by atoms with Gasteiger partial charge in [-0.25, -0.2) is 0 Å². The van der Waals surface area contributed by atoms with Crippen LogP contribution in [0, 0.1) is 3.57 Å². The van der Waals surface area contributed by atoms with Crippen molar-refractivity contribution in [1.29, 1.82) is 0 Å². The van der Waals surface area contributed by atoms with Crippen LogP contribution < -0.4 is 0 Å². The van der Waals surface area contributed by atoms with Crippen LogP contribution in [0.2, 0.25) is 0 Å². The van der Waals surface area contributed by atoms with Crippen molar-refractivity contribution in [2.75, 3.05) is 0 Å². The molecule has 0 fully saturated rings. The van der Waals surface area contributed by atoms with E-state index in [1.54, 1.807) is 0 Å². The van der Waals surface area contributed by atoms with E-state index in [0.29, 0.717) is 0 Å². The molecule has 20 heavy (non-hydrogen) atoms. The van der Waals surface area contributed by atoms with Gasteiger partial charge in [0.1, 0.15) is 0 Å². The van der Waals surface area contributed by atoms with Crippen LogP contribution in [0.15, 0.2) is 60.8 Å². The lowest BCUT2D eigenvalue weighted by Crippen LogP contribution is -1.90. The topological polar surface area (TPSA) is 30.2 Å². The van der Waals surface area contributed by atoms with Crippen LogP contribution in [-0.2, 0) is 0 Å². The number of hydrogen-bond acceptors (Lipinski definition) is 2. The fourth-order valence-electron chi connectivity index (χ4n) is 2.41. The Morgan fingerprint density at radius 3 is 2.50 bits per heavy atom. The minimum atomic E-state index is 0.877. The van der Waals surface area contributed by atoms with Crippen LogP contribution >= 0.6 is 22.6 Å². The van der Waals surface area contributed by atoms with Gasteiger partial charge in [-0.15, -0.1) is 10.2 Å². The number of benzene rings is 2. The monoisotopic (exact) mass is 371 g/mol. The number of aromatic nitrogens is 3. The highest BCUT2D eigenvalue weighted by Crippen LogP contribution is 2.24. The molecule has 0 radical (unpaired) electrons. The minimum absolute atomic E-state index is 0.877. The molecular weight excluding hydrogens is 361 g/mol. The second-order valence-corrected chi connectivity index (χ2v) is 5.87.